The van der Waals surface area contributed by atoms with Crippen LogP contribution in [0.25, 0.3) is 6.08 Å². The number of carbonyl (C=O) groups is 1. The Bertz CT molecular complexity index is 544. The zero-order valence-corrected chi connectivity index (χ0v) is 15.0. The van der Waals surface area contributed by atoms with Gasteiger partial charge in [-0.05, 0) is 36.6 Å². The largest absolute Gasteiger partial charge is 0.504 e. The predicted octanol–water partition coefficient (Wildman–Crippen LogP) is 5.68. The average molecular weight is 330 g/mol. The van der Waals surface area contributed by atoms with E-state index in [1.165, 1.54) is 19.3 Å². The smallest absolute Gasteiger partial charge is 0.161 e. The molecule has 0 bridgehead atoms. The molecule has 0 heterocycles. The van der Waals surface area contributed by atoms with Gasteiger partial charge in [-0.25, -0.2) is 0 Å². The number of unbranched alkanes of at least 4 members (excludes halogenated alkanes) is 4. The molecule has 0 aliphatic carbocycles. The van der Waals surface area contributed by atoms with Crippen molar-refractivity contribution in [3.05, 3.63) is 42.0 Å². The SMILES string of the molecule is CCCCCCCC(=O)C=CC=Cc1ccc(O)c(OCCC)c1. The van der Waals surface area contributed by atoms with Gasteiger partial charge in [-0.1, -0.05) is 63.8 Å². The Morgan fingerprint density at radius 1 is 1.08 bits per heavy atom. The zero-order chi connectivity index (χ0) is 17.6. The fourth-order valence-corrected chi connectivity index (χ4v) is 2.28. The molecule has 0 aromatic heterocycles. The monoisotopic (exact) mass is 330 g/mol. The molecule has 1 rings (SSSR count). The van der Waals surface area contributed by atoms with Crippen LogP contribution in [0.15, 0.2) is 36.4 Å². The summed E-state index contributed by atoms with van der Waals surface area (Å²) in [5.74, 6) is 0.814. The van der Waals surface area contributed by atoms with E-state index in [1.54, 1.807) is 24.3 Å². The molecule has 1 aromatic rings. The van der Waals surface area contributed by atoms with Crippen molar-refractivity contribution in [2.24, 2.45) is 0 Å². The third-order valence-corrected chi connectivity index (χ3v) is 3.65. The summed E-state index contributed by atoms with van der Waals surface area (Å²) in [5, 5.41) is 9.73. The van der Waals surface area contributed by atoms with Crippen molar-refractivity contribution in [3.63, 3.8) is 0 Å². The number of ether oxygens (including phenoxy) is 1. The van der Waals surface area contributed by atoms with E-state index in [4.69, 9.17) is 4.74 Å². The molecule has 3 nitrogen and oxygen atoms in total. The van der Waals surface area contributed by atoms with E-state index in [-0.39, 0.29) is 11.5 Å². The molecule has 0 aliphatic rings. The maximum atomic E-state index is 11.7. The van der Waals surface area contributed by atoms with Crippen LogP contribution in [-0.4, -0.2) is 17.5 Å². The summed E-state index contributed by atoms with van der Waals surface area (Å²) in [5.41, 5.74) is 0.926. The summed E-state index contributed by atoms with van der Waals surface area (Å²) in [6.45, 7) is 4.78. The first-order valence-corrected chi connectivity index (χ1v) is 9.00. The topological polar surface area (TPSA) is 46.5 Å². The van der Waals surface area contributed by atoms with Crippen LogP contribution in [0.5, 0.6) is 11.5 Å². The summed E-state index contributed by atoms with van der Waals surface area (Å²) in [6, 6.07) is 5.23. The van der Waals surface area contributed by atoms with Crippen LogP contribution in [0.3, 0.4) is 0 Å². The molecule has 0 amide bonds. The normalized spacial score (nSPS) is 11.4. The van der Waals surface area contributed by atoms with Crippen molar-refractivity contribution in [3.8, 4) is 11.5 Å². The standard InChI is InChI=1S/C21H30O3/c1-3-5-6-7-8-12-19(22)13-10-9-11-18-14-15-20(23)21(17-18)24-16-4-2/h9-11,13-15,17,23H,3-8,12,16H2,1-2H3. The highest BCUT2D eigenvalue weighted by molar-refractivity contribution is 5.89. The van der Waals surface area contributed by atoms with Crippen LogP contribution >= 0.6 is 0 Å². The number of phenolic OH excluding ortho intramolecular Hbond substituents is 1. The molecule has 132 valence electrons. The minimum Gasteiger partial charge on any atom is -0.504 e. The number of hydrogen-bond acceptors (Lipinski definition) is 3. The number of allylic oxidation sites excluding steroid dienone is 3. The Labute approximate surface area is 146 Å². The molecule has 0 radical (unpaired) electrons. The average Bonchev–Trinajstić information content (AvgIpc) is 2.58. The van der Waals surface area contributed by atoms with Gasteiger partial charge in [0.25, 0.3) is 0 Å². The second kappa shape index (κ2) is 12.4. The molecule has 1 aromatic carbocycles. The summed E-state index contributed by atoms with van der Waals surface area (Å²) >= 11 is 0. The van der Waals surface area contributed by atoms with E-state index in [2.05, 4.69) is 6.92 Å². The van der Waals surface area contributed by atoms with Crippen molar-refractivity contribution in [2.45, 2.75) is 58.8 Å². The minimum absolute atomic E-state index is 0.148. The Balaban J connectivity index is 2.41. The van der Waals surface area contributed by atoms with E-state index in [0.717, 1.165) is 24.8 Å². The van der Waals surface area contributed by atoms with E-state index in [1.807, 2.05) is 25.1 Å². The van der Waals surface area contributed by atoms with E-state index in [0.29, 0.717) is 18.8 Å². The van der Waals surface area contributed by atoms with Gasteiger partial charge in [-0.2, -0.15) is 0 Å². The quantitative estimate of drug-likeness (QED) is 0.305. The second-order valence-corrected chi connectivity index (χ2v) is 5.92. The molecule has 0 unspecified atom stereocenters. The molecule has 0 saturated heterocycles. The molecular formula is C21H30O3. The van der Waals surface area contributed by atoms with Gasteiger partial charge in [-0.3, -0.25) is 4.79 Å². The number of aromatic hydroxyl groups is 1. The van der Waals surface area contributed by atoms with Crippen LogP contribution in [0.1, 0.15) is 64.4 Å². The van der Waals surface area contributed by atoms with Crippen LogP contribution in [0.4, 0.5) is 0 Å². The van der Waals surface area contributed by atoms with Crippen molar-refractivity contribution in [2.75, 3.05) is 6.61 Å². The fourth-order valence-electron chi connectivity index (χ4n) is 2.28. The summed E-state index contributed by atoms with van der Waals surface area (Å²) in [6.07, 6.45) is 14.5. The Kier molecular flexibility index (Phi) is 10.3. The summed E-state index contributed by atoms with van der Waals surface area (Å²) < 4.78 is 5.49. The molecule has 0 aliphatic heterocycles. The van der Waals surface area contributed by atoms with Crippen molar-refractivity contribution < 1.29 is 14.6 Å². The lowest BCUT2D eigenvalue weighted by atomic mass is 10.1. The number of ketones is 1. The Hall–Kier alpha value is -2.03. The highest BCUT2D eigenvalue weighted by atomic mass is 16.5. The number of rotatable bonds is 12. The highest BCUT2D eigenvalue weighted by Gasteiger charge is 2.02. The van der Waals surface area contributed by atoms with Crippen molar-refractivity contribution in [1.29, 1.82) is 0 Å². The van der Waals surface area contributed by atoms with Gasteiger partial charge >= 0.3 is 0 Å². The van der Waals surface area contributed by atoms with Gasteiger partial charge in [0, 0.05) is 6.42 Å². The predicted molar refractivity (Wildman–Crippen MR) is 100 cm³/mol. The third-order valence-electron chi connectivity index (χ3n) is 3.65. The lowest BCUT2D eigenvalue weighted by Gasteiger charge is -2.07. The third kappa shape index (κ3) is 8.56. The van der Waals surface area contributed by atoms with Crippen molar-refractivity contribution in [1.82, 2.24) is 0 Å². The molecule has 1 N–H and O–H groups in total. The zero-order valence-electron chi connectivity index (χ0n) is 15.0. The number of hydrogen-bond donors (Lipinski definition) is 1. The maximum absolute atomic E-state index is 11.7. The molecule has 0 atom stereocenters. The van der Waals surface area contributed by atoms with Crippen LogP contribution < -0.4 is 4.74 Å². The van der Waals surface area contributed by atoms with Crippen LogP contribution in [0, 0.1) is 0 Å². The Morgan fingerprint density at radius 2 is 1.88 bits per heavy atom. The van der Waals surface area contributed by atoms with E-state index in [9.17, 15) is 9.90 Å². The first-order valence-electron chi connectivity index (χ1n) is 9.00. The molecule has 0 saturated carbocycles. The highest BCUT2D eigenvalue weighted by Crippen LogP contribution is 2.27. The first-order chi connectivity index (χ1) is 11.7. The molecule has 0 spiro atoms. The Morgan fingerprint density at radius 3 is 2.62 bits per heavy atom. The molecule has 24 heavy (non-hydrogen) atoms. The van der Waals surface area contributed by atoms with Crippen LogP contribution in [0.2, 0.25) is 0 Å². The second-order valence-electron chi connectivity index (χ2n) is 5.92. The van der Waals surface area contributed by atoms with E-state index >= 15 is 0 Å². The van der Waals surface area contributed by atoms with Gasteiger partial charge in [0.2, 0.25) is 0 Å². The van der Waals surface area contributed by atoms with Gasteiger partial charge in [0.1, 0.15) is 0 Å². The molecular weight excluding hydrogens is 300 g/mol. The summed E-state index contributed by atoms with van der Waals surface area (Å²) in [4.78, 5) is 11.7. The van der Waals surface area contributed by atoms with Gasteiger partial charge < -0.3 is 9.84 Å². The number of carbonyl (C=O) groups excluding carboxylic acids is 1. The minimum atomic E-state index is 0.148. The van der Waals surface area contributed by atoms with E-state index < -0.39 is 0 Å². The first kappa shape index (κ1) is 20.0. The number of benzene rings is 1. The molecule has 3 heteroatoms. The van der Waals surface area contributed by atoms with Crippen LogP contribution in [-0.2, 0) is 4.79 Å². The van der Waals surface area contributed by atoms with Crippen molar-refractivity contribution >= 4 is 11.9 Å². The van der Waals surface area contributed by atoms with Gasteiger partial charge in [-0.15, -0.1) is 0 Å². The molecule has 0 fully saturated rings. The van der Waals surface area contributed by atoms with Gasteiger partial charge in [0.15, 0.2) is 17.3 Å². The lowest BCUT2D eigenvalue weighted by Crippen LogP contribution is -1.95. The van der Waals surface area contributed by atoms with Gasteiger partial charge in [0.05, 0.1) is 6.61 Å². The maximum Gasteiger partial charge on any atom is 0.161 e. The fraction of sp³-hybridized carbons (Fsp3) is 0.476. The number of phenols is 1. The lowest BCUT2D eigenvalue weighted by molar-refractivity contribution is -0.114. The summed E-state index contributed by atoms with van der Waals surface area (Å²) in [7, 11) is 0.